The van der Waals surface area contributed by atoms with Crippen LogP contribution in [0.2, 0.25) is 0 Å². The fourth-order valence-corrected chi connectivity index (χ4v) is 1.04. The Bertz CT molecular complexity index is 316. The van der Waals surface area contributed by atoms with Gasteiger partial charge in [0, 0.05) is 12.6 Å². The van der Waals surface area contributed by atoms with E-state index < -0.39 is 0 Å². The van der Waals surface area contributed by atoms with E-state index in [1.807, 2.05) is 6.92 Å². The van der Waals surface area contributed by atoms with Gasteiger partial charge in [-0.2, -0.15) is 0 Å². The highest BCUT2D eigenvalue weighted by Crippen LogP contribution is 2.18. The van der Waals surface area contributed by atoms with Crippen molar-refractivity contribution in [2.75, 3.05) is 0 Å². The predicted molar refractivity (Wildman–Crippen MR) is 46.2 cm³/mol. The minimum Gasteiger partial charge on any atom is -0.348 e. The first-order valence-corrected chi connectivity index (χ1v) is 4.50. The summed E-state index contributed by atoms with van der Waals surface area (Å²) in [6, 6.07) is 0.374. The first-order chi connectivity index (χ1) is 6.29. The van der Waals surface area contributed by atoms with Gasteiger partial charge in [-0.1, -0.05) is 5.21 Å². The number of aromatic nitrogens is 3. The third-order valence-electron chi connectivity index (χ3n) is 2.01. The van der Waals surface area contributed by atoms with Crippen LogP contribution >= 0.6 is 0 Å². The molecule has 0 radical (unpaired) electrons. The van der Waals surface area contributed by atoms with Crippen molar-refractivity contribution < 1.29 is 4.79 Å². The lowest BCUT2D eigenvalue weighted by atomic mass is 10.4. The second-order valence-electron chi connectivity index (χ2n) is 3.21. The van der Waals surface area contributed by atoms with Gasteiger partial charge in [0.05, 0.1) is 6.20 Å². The van der Waals surface area contributed by atoms with E-state index in [0.29, 0.717) is 11.7 Å². The lowest BCUT2D eigenvalue weighted by Crippen LogP contribution is -2.25. The molecule has 0 unspecified atom stereocenters. The second-order valence-corrected chi connectivity index (χ2v) is 3.21. The number of hydrogen-bond donors (Lipinski definition) is 1. The molecular weight excluding hydrogens is 168 g/mol. The lowest BCUT2D eigenvalue weighted by Gasteiger charge is -1.96. The Kier molecular flexibility index (Phi) is 2.00. The summed E-state index contributed by atoms with van der Waals surface area (Å²) < 4.78 is 1.64. The Morgan fingerprint density at radius 3 is 3.08 bits per heavy atom. The number of carbonyl (C=O) groups excluding carboxylic acids is 1. The van der Waals surface area contributed by atoms with Crippen molar-refractivity contribution in [1.29, 1.82) is 0 Å². The number of carbonyl (C=O) groups is 1. The molecule has 0 spiro atoms. The molecule has 13 heavy (non-hydrogen) atoms. The number of hydrogen-bond acceptors (Lipinski definition) is 3. The van der Waals surface area contributed by atoms with Crippen molar-refractivity contribution >= 4 is 5.91 Å². The van der Waals surface area contributed by atoms with Gasteiger partial charge in [0.25, 0.3) is 5.91 Å². The lowest BCUT2D eigenvalue weighted by molar-refractivity contribution is 0.0946. The first-order valence-electron chi connectivity index (χ1n) is 4.50. The average Bonchev–Trinajstić information content (AvgIpc) is 2.82. The van der Waals surface area contributed by atoms with Gasteiger partial charge in [0.1, 0.15) is 0 Å². The number of nitrogens with zero attached hydrogens (tertiary/aromatic N) is 3. The molecular formula is C8H12N4O. The maximum atomic E-state index is 11.4. The number of aryl methyl sites for hydroxylation is 1. The predicted octanol–water partition coefficient (Wildman–Crippen LogP) is 0.190. The number of nitrogens with one attached hydrogen (secondary N) is 1. The molecule has 1 aromatic rings. The molecule has 5 heteroatoms. The van der Waals surface area contributed by atoms with Crippen LogP contribution in [0.4, 0.5) is 0 Å². The molecule has 1 aliphatic carbocycles. The molecule has 0 saturated heterocycles. The third-order valence-corrected chi connectivity index (χ3v) is 2.01. The standard InChI is InChI=1S/C8H12N4O/c1-2-12-5-7(10-11-12)8(13)9-6-3-4-6/h5-6H,2-4H2,1H3,(H,9,13). The maximum Gasteiger partial charge on any atom is 0.273 e. The number of amides is 1. The van der Waals surface area contributed by atoms with Crippen LogP contribution in [0, 0.1) is 0 Å². The molecule has 0 bridgehead atoms. The Hall–Kier alpha value is -1.39. The zero-order chi connectivity index (χ0) is 9.26. The van der Waals surface area contributed by atoms with Gasteiger partial charge in [0.2, 0.25) is 0 Å². The normalized spacial score (nSPS) is 15.8. The summed E-state index contributed by atoms with van der Waals surface area (Å²) in [5, 5.41) is 10.4. The maximum absolute atomic E-state index is 11.4. The van der Waals surface area contributed by atoms with Crippen LogP contribution in [0.5, 0.6) is 0 Å². The molecule has 5 nitrogen and oxygen atoms in total. The highest BCUT2D eigenvalue weighted by molar-refractivity contribution is 5.92. The Morgan fingerprint density at radius 2 is 2.54 bits per heavy atom. The van der Waals surface area contributed by atoms with E-state index in [-0.39, 0.29) is 5.91 Å². The summed E-state index contributed by atoms with van der Waals surface area (Å²) >= 11 is 0. The largest absolute Gasteiger partial charge is 0.348 e. The SMILES string of the molecule is CCn1cc(C(=O)NC2CC2)nn1. The van der Waals surface area contributed by atoms with Crippen LogP contribution in [-0.4, -0.2) is 26.9 Å². The van der Waals surface area contributed by atoms with Gasteiger partial charge < -0.3 is 5.32 Å². The molecule has 1 heterocycles. The zero-order valence-electron chi connectivity index (χ0n) is 7.53. The summed E-state index contributed by atoms with van der Waals surface area (Å²) in [6.07, 6.45) is 3.85. The quantitative estimate of drug-likeness (QED) is 0.722. The first kappa shape index (κ1) is 8.22. The molecule has 2 rings (SSSR count). The highest BCUT2D eigenvalue weighted by atomic mass is 16.2. The average molecular weight is 180 g/mol. The molecule has 1 saturated carbocycles. The summed E-state index contributed by atoms with van der Waals surface area (Å²) in [5.74, 6) is -0.109. The van der Waals surface area contributed by atoms with Crippen LogP contribution < -0.4 is 5.32 Å². The van der Waals surface area contributed by atoms with Gasteiger partial charge >= 0.3 is 0 Å². The molecule has 0 atom stereocenters. The van der Waals surface area contributed by atoms with Crippen molar-refractivity contribution in [3.05, 3.63) is 11.9 Å². The minimum atomic E-state index is -0.109. The third kappa shape index (κ3) is 1.85. The topological polar surface area (TPSA) is 59.8 Å². The van der Waals surface area contributed by atoms with E-state index in [9.17, 15) is 4.79 Å². The van der Waals surface area contributed by atoms with Crippen molar-refractivity contribution in [3.8, 4) is 0 Å². The molecule has 1 N–H and O–H groups in total. The summed E-state index contributed by atoms with van der Waals surface area (Å²) in [4.78, 5) is 11.4. The van der Waals surface area contributed by atoms with Crippen molar-refractivity contribution in [3.63, 3.8) is 0 Å². The van der Waals surface area contributed by atoms with E-state index in [0.717, 1.165) is 19.4 Å². The van der Waals surface area contributed by atoms with E-state index in [1.54, 1.807) is 10.9 Å². The van der Waals surface area contributed by atoms with Crippen LogP contribution in [0.15, 0.2) is 6.20 Å². The van der Waals surface area contributed by atoms with Crippen LogP contribution in [0.1, 0.15) is 30.3 Å². The molecule has 0 aromatic carbocycles. The zero-order valence-corrected chi connectivity index (χ0v) is 7.53. The van der Waals surface area contributed by atoms with Gasteiger partial charge in [-0.15, -0.1) is 5.10 Å². The summed E-state index contributed by atoms with van der Waals surface area (Å²) in [7, 11) is 0. The van der Waals surface area contributed by atoms with Gasteiger partial charge in [-0.05, 0) is 19.8 Å². The van der Waals surface area contributed by atoms with Gasteiger partial charge in [-0.25, -0.2) is 0 Å². The second kappa shape index (κ2) is 3.16. The van der Waals surface area contributed by atoms with Gasteiger partial charge in [0.15, 0.2) is 5.69 Å². The Balaban J connectivity index is 2.01. The fourth-order valence-electron chi connectivity index (χ4n) is 1.04. The monoisotopic (exact) mass is 180 g/mol. The molecule has 0 aliphatic heterocycles. The van der Waals surface area contributed by atoms with E-state index >= 15 is 0 Å². The molecule has 70 valence electrons. The number of rotatable bonds is 3. The van der Waals surface area contributed by atoms with Crippen LogP contribution in [0.25, 0.3) is 0 Å². The molecule has 1 fully saturated rings. The summed E-state index contributed by atoms with van der Waals surface area (Å²) in [6.45, 7) is 2.70. The molecule has 1 amide bonds. The van der Waals surface area contributed by atoms with E-state index in [2.05, 4.69) is 15.6 Å². The van der Waals surface area contributed by atoms with Crippen molar-refractivity contribution in [1.82, 2.24) is 20.3 Å². The van der Waals surface area contributed by atoms with Gasteiger partial charge in [-0.3, -0.25) is 9.48 Å². The van der Waals surface area contributed by atoms with Crippen LogP contribution in [-0.2, 0) is 6.54 Å². The van der Waals surface area contributed by atoms with Crippen molar-refractivity contribution in [2.45, 2.75) is 32.4 Å². The van der Waals surface area contributed by atoms with Crippen LogP contribution in [0.3, 0.4) is 0 Å². The van der Waals surface area contributed by atoms with E-state index in [1.165, 1.54) is 0 Å². The molecule has 1 aromatic heterocycles. The molecule has 1 aliphatic rings. The Labute approximate surface area is 76.1 Å². The van der Waals surface area contributed by atoms with Crippen molar-refractivity contribution in [2.24, 2.45) is 0 Å². The summed E-state index contributed by atoms with van der Waals surface area (Å²) in [5.41, 5.74) is 0.411. The minimum absolute atomic E-state index is 0.109. The fraction of sp³-hybridized carbons (Fsp3) is 0.625. The Morgan fingerprint density at radius 1 is 1.77 bits per heavy atom. The highest BCUT2D eigenvalue weighted by Gasteiger charge is 2.24. The smallest absolute Gasteiger partial charge is 0.273 e. The van der Waals surface area contributed by atoms with E-state index in [4.69, 9.17) is 0 Å².